The molecule has 0 bridgehead atoms. The maximum absolute atomic E-state index is 4.90. The third-order valence-electron chi connectivity index (χ3n) is 1.57. The van der Waals surface area contributed by atoms with E-state index in [0.717, 1.165) is 0 Å². The van der Waals surface area contributed by atoms with Crippen LogP contribution in [0.1, 0.15) is 0 Å². The first kappa shape index (κ1) is 10.6. The van der Waals surface area contributed by atoms with Crippen LogP contribution in [0.25, 0.3) is 0 Å². The van der Waals surface area contributed by atoms with Gasteiger partial charge < -0.3 is 9.88 Å². The zero-order valence-corrected chi connectivity index (χ0v) is 8.63. The highest BCUT2D eigenvalue weighted by molar-refractivity contribution is 7.71. The molecule has 0 aliphatic rings. The molecule has 14 heavy (non-hydrogen) atoms. The lowest BCUT2D eigenvalue weighted by Crippen LogP contribution is -2.25. The zero-order valence-electron chi connectivity index (χ0n) is 7.81. The van der Waals surface area contributed by atoms with E-state index in [4.69, 9.17) is 12.2 Å². The summed E-state index contributed by atoms with van der Waals surface area (Å²) < 4.78 is 0.424. The van der Waals surface area contributed by atoms with Gasteiger partial charge in [0, 0.05) is 13.1 Å². The van der Waals surface area contributed by atoms with Gasteiger partial charge in [0.2, 0.25) is 10.7 Å². The first-order valence-corrected chi connectivity index (χ1v) is 4.57. The van der Waals surface area contributed by atoms with Crippen molar-refractivity contribution in [1.82, 2.24) is 15.0 Å². The van der Waals surface area contributed by atoms with Gasteiger partial charge in [0.15, 0.2) is 0 Å². The number of hydrogen-bond donors (Lipinski definition) is 1. The second-order valence-corrected chi connectivity index (χ2v) is 3.00. The Bertz CT molecular complexity index is 361. The van der Waals surface area contributed by atoms with E-state index < -0.39 is 0 Å². The Balaban J connectivity index is 2.91. The van der Waals surface area contributed by atoms with Crippen molar-refractivity contribution < 1.29 is 0 Å². The smallest absolute Gasteiger partial charge is 0.207 e. The van der Waals surface area contributed by atoms with Crippen molar-refractivity contribution in [2.45, 2.75) is 0 Å². The lowest BCUT2D eigenvalue weighted by atomic mass is 10.5. The molecule has 0 aliphatic heterocycles. The molecule has 0 spiro atoms. The lowest BCUT2D eigenvalue weighted by molar-refractivity contribution is 0.865. The van der Waals surface area contributed by atoms with E-state index in [1.165, 1.54) is 6.33 Å². The second-order valence-electron chi connectivity index (χ2n) is 2.61. The van der Waals surface area contributed by atoms with Crippen molar-refractivity contribution in [3.63, 3.8) is 0 Å². The summed E-state index contributed by atoms with van der Waals surface area (Å²) in [6.45, 7) is 8.72. The van der Waals surface area contributed by atoms with Gasteiger partial charge in [-0.2, -0.15) is 0 Å². The Kier molecular flexibility index (Phi) is 4.00. The molecule has 0 aromatic carbocycles. The highest BCUT2D eigenvalue weighted by atomic mass is 32.1. The molecular weight excluding hydrogens is 196 g/mol. The number of aromatic nitrogens is 3. The summed E-state index contributed by atoms with van der Waals surface area (Å²) in [4.78, 5) is 12.7. The minimum Gasteiger partial charge on any atom is -0.335 e. The summed E-state index contributed by atoms with van der Waals surface area (Å²) in [6, 6.07) is 0. The summed E-state index contributed by atoms with van der Waals surface area (Å²) in [5.41, 5.74) is 0. The molecule has 1 rings (SSSR count). The Labute approximate surface area is 88.0 Å². The van der Waals surface area contributed by atoms with Crippen LogP contribution in [0.5, 0.6) is 0 Å². The van der Waals surface area contributed by atoms with Crippen molar-refractivity contribution >= 4 is 18.2 Å². The zero-order chi connectivity index (χ0) is 10.4. The van der Waals surface area contributed by atoms with E-state index in [2.05, 4.69) is 28.1 Å². The van der Waals surface area contributed by atoms with Gasteiger partial charge >= 0.3 is 0 Å². The number of hydrogen-bond acceptors (Lipinski definition) is 4. The molecule has 5 heteroatoms. The summed E-state index contributed by atoms with van der Waals surface area (Å²) in [5, 5.41) is 0. The minimum absolute atomic E-state index is 0.424. The number of nitrogens with zero attached hydrogens (tertiary/aromatic N) is 3. The average molecular weight is 208 g/mol. The van der Waals surface area contributed by atoms with Gasteiger partial charge in [-0.25, -0.2) is 9.97 Å². The summed E-state index contributed by atoms with van der Waals surface area (Å²) in [6.07, 6.45) is 5.03. The first-order valence-electron chi connectivity index (χ1n) is 4.16. The molecule has 4 nitrogen and oxygen atoms in total. The molecule has 1 heterocycles. The summed E-state index contributed by atoms with van der Waals surface area (Å²) >= 11 is 4.90. The van der Waals surface area contributed by atoms with Crippen LogP contribution < -0.4 is 4.90 Å². The van der Waals surface area contributed by atoms with Crippen LogP contribution >= 0.6 is 12.2 Å². The van der Waals surface area contributed by atoms with Crippen LogP contribution in [0.4, 0.5) is 5.95 Å². The minimum atomic E-state index is 0.424. The Hall–Kier alpha value is -1.49. The van der Waals surface area contributed by atoms with Gasteiger partial charge in [-0.15, -0.1) is 13.2 Å². The van der Waals surface area contributed by atoms with Gasteiger partial charge in [-0.3, -0.25) is 0 Å². The average Bonchev–Trinajstić information content (AvgIpc) is 2.17. The maximum atomic E-state index is 4.90. The Morgan fingerprint density at radius 1 is 1.36 bits per heavy atom. The van der Waals surface area contributed by atoms with Crippen molar-refractivity contribution in [3.8, 4) is 0 Å². The summed E-state index contributed by atoms with van der Waals surface area (Å²) in [5.74, 6) is 0.685. The molecule has 1 aromatic rings. The van der Waals surface area contributed by atoms with Crippen molar-refractivity contribution in [2.75, 3.05) is 18.0 Å². The molecule has 0 saturated heterocycles. The van der Waals surface area contributed by atoms with Gasteiger partial charge in [0.1, 0.15) is 6.33 Å². The fraction of sp³-hybridized carbons (Fsp3) is 0.222. The molecule has 0 radical (unpaired) electrons. The first-order chi connectivity index (χ1) is 6.77. The molecule has 1 N–H and O–H groups in total. The van der Waals surface area contributed by atoms with Crippen molar-refractivity contribution in [1.29, 1.82) is 0 Å². The highest BCUT2D eigenvalue weighted by Crippen LogP contribution is 2.04. The number of anilines is 1. The normalized spacial score (nSPS) is 9.43. The van der Waals surface area contributed by atoms with E-state index in [0.29, 0.717) is 23.8 Å². The molecule has 0 amide bonds. The SMILES string of the molecule is C=CCN(CC=C)c1ncnc(=S)[nH]1. The molecule has 74 valence electrons. The van der Waals surface area contributed by atoms with E-state index >= 15 is 0 Å². The highest BCUT2D eigenvalue weighted by Gasteiger charge is 2.03. The monoisotopic (exact) mass is 208 g/mol. The van der Waals surface area contributed by atoms with Crippen LogP contribution in [0, 0.1) is 4.77 Å². The van der Waals surface area contributed by atoms with Crippen molar-refractivity contribution in [3.05, 3.63) is 36.4 Å². The van der Waals surface area contributed by atoms with Gasteiger partial charge in [-0.1, -0.05) is 12.2 Å². The fourth-order valence-corrected chi connectivity index (χ4v) is 1.15. The molecule has 0 atom stereocenters. The largest absolute Gasteiger partial charge is 0.335 e. The van der Waals surface area contributed by atoms with E-state index in [1.54, 1.807) is 12.2 Å². The van der Waals surface area contributed by atoms with Gasteiger partial charge in [-0.05, 0) is 12.2 Å². The number of rotatable bonds is 5. The van der Waals surface area contributed by atoms with Gasteiger partial charge in [0.25, 0.3) is 0 Å². The molecule has 0 saturated carbocycles. The van der Waals surface area contributed by atoms with E-state index in [-0.39, 0.29) is 0 Å². The van der Waals surface area contributed by atoms with E-state index in [9.17, 15) is 0 Å². The van der Waals surface area contributed by atoms with Crippen LogP contribution in [-0.2, 0) is 0 Å². The molecule has 0 fully saturated rings. The van der Waals surface area contributed by atoms with Gasteiger partial charge in [0.05, 0.1) is 0 Å². The lowest BCUT2D eigenvalue weighted by Gasteiger charge is -2.18. The molecule has 1 aromatic heterocycles. The third kappa shape index (κ3) is 2.77. The second kappa shape index (κ2) is 5.29. The fourth-order valence-electron chi connectivity index (χ4n) is 1.02. The van der Waals surface area contributed by atoms with E-state index in [1.807, 2.05) is 4.90 Å². The standard InChI is InChI=1S/C9H12N4S/c1-3-5-13(6-4-2)8-10-7-11-9(14)12-8/h3-4,7H,1-2,5-6H2,(H,10,11,12,14). The Morgan fingerprint density at radius 2 is 2.00 bits per heavy atom. The molecule has 0 unspecified atom stereocenters. The maximum Gasteiger partial charge on any atom is 0.207 e. The Morgan fingerprint density at radius 3 is 2.50 bits per heavy atom. The number of aromatic amines is 1. The topological polar surface area (TPSA) is 44.8 Å². The quantitative estimate of drug-likeness (QED) is 0.591. The number of nitrogens with one attached hydrogen (secondary N) is 1. The van der Waals surface area contributed by atoms with Crippen molar-refractivity contribution in [2.24, 2.45) is 0 Å². The molecular formula is C9H12N4S. The third-order valence-corrected chi connectivity index (χ3v) is 1.78. The predicted molar refractivity (Wildman–Crippen MR) is 59.8 cm³/mol. The van der Waals surface area contributed by atoms with Crippen LogP contribution in [0.15, 0.2) is 31.6 Å². The predicted octanol–water partition coefficient (Wildman–Crippen LogP) is 1.71. The molecule has 0 aliphatic carbocycles. The van der Waals surface area contributed by atoms with Crippen LogP contribution in [0.3, 0.4) is 0 Å². The summed E-state index contributed by atoms with van der Waals surface area (Å²) in [7, 11) is 0. The number of H-pyrrole nitrogens is 1. The van der Waals surface area contributed by atoms with Crippen LogP contribution in [-0.4, -0.2) is 28.0 Å². The van der Waals surface area contributed by atoms with Crippen LogP contribution in [0.2, 0.25) is 0 Å².